The summed E-state index contributed by atoms with van der Waals surface area (Å²) in [7, 11) is 0. The predicted molar refractivity (Wildman–Crippen MR) is 116 cm³/mol. The van der Waals surface area contributed by atoms with Crippen LogP contribution in [0, 0.1) is 0 Å². The minimum absolute atomic E-state index is 0.333. The summed E-state index contributed by atoms with van der Waals surface area (Å²) in [6.07, 6.45) is -1.36. The summed E-state index contributed by atoms with van der Waals surface area (Å²) >= 11 is 9.85. The molecule has 1 unspecified atom stereocenters. The number of nitrogens with zero attached hydrogens (tertiary/aromatic N) is 1. The molecule has 1 N–H and O–H groups in total. The second-order valence-electron chi connectivity index (χ2n) is 6.26. The van der Waals surface area contributed by atoms with Crippen LogP contribution >= 0.6 is 27.5 Å². The van der Waals surface area contributed by atoms with Gasteiger partial charge in [-0.15, -0.1) is 0 Å². The molecule has 1 amide bonds. The molecule has 4 rings (SSSR count). The van der Waals surface area contributed by atoms with Crippen molar-refractivity contribution in [1.82, 2.24) is 0 Å². The van der Waals surface area contributed by atoms with Crippen LogP contribution in [0.25, 0.3) is 0 Å². The quantitative estimate of drug-likeness (QED) is 0.544. The largest absolute Gasteiger partial charge is 0.426 e. The zero-order valence-corrected chi connectivity index (χ0v) is 17.3. The summed E-state index contributed by atoms with van der Waals surface area (Å²) in [5, 5.41) is 3.25. The molecular formula is C22H14BrClN2O3. The van der Waals surface area contributed by atoms with E-state index < -0.39 is 18.1 Å². The van der Waals surface area contributed by atoms with Crippen LogP contribution in [0.15, 0.2) is 82.3 Å². The number of benzodiazepines with no additional fused rings is 1. The van der Waals surface area contributed by atoms with Gasteiger partial charge in [0.15, 0.2) is 0 Å². The minimum atomic E-state index is -1.36. The number of halogens is 2. The van der Waals surface area contributed by atoms with E-state index in [0.717, 1.165) is 4.47 Å². The van der Waals surface area contributed by atoms with E-state index in [1.165, 1.54) is 0 Å². The molecule has 0 saturated carbocycles. The van der Waals surface area contributed by atoms with E-state index in [0.29, 0.717) is 33.1 Å². The average Bonchev–Trinajstić information content (AvgIpc) is 2.86. The fourth-order valence-corrected chi connectivity index (χ4v) is 3.54. The van der Waals surface area contributed by atoms with Crippen LogP contribution in [0.5, 0.6) is 0 Å². The lowest BCUT2D eigenvalue weighted by Gasteiger charge is -2.13. The molecule has 1 aliphatic rings. The normalized spacial score (nSPS) is 15.6. The molecule has 7 heteroatoms. The second-order valence-corrected chi connectivity index (χ2v) is 7.58. The van der Waals surface area contributed by atoms with Crippen LogP contribution in [0.3, 0.4) is 0 Å². The van der Waals surface area contributed by atoms with Gasteiger partial charge < -0.3 is 10.1 Å². The topological polar surface area (TPSA) is 67.8 Å². The first-order valence-electron chi connectivity index (χ1n) is 8.72. The van der Waals surface area contributed by atoms with Crippen LogP contribution in [0.4, 0.5) is 5.69 Å². The number of ether oxygens (including phenoxy) is 1. The Morgan fingerprint density at radius 2 is 1.72 bits per heavy atom. The summed E-state index contributed by atoms with van der Waals surface area (Å²) in [6, 6.07) is 21.0. The Balaban J connectivity index is 1.80. The van der Waals surface area contributed by atoms with Gasteiger partial charge in [0.25, 0.3) is 12.1 Å². The van der Waals surface area contributed by atoms with Gasteiger partial charge in [0, 0.05) is 20.6 Å². The van der Waals surface area contributed by atoms with Crippen molar-refractivity contribution in [2.45, 2.75) is 6.23 Å². The van der Waals surface area contributed by atoms with Crippen molar-refractivity contribution in [2.75, 3.05) is 5.32 Å². The number of rotatable bonds is 3. The lowest BCUT2D eigenvalue weighted by Crippen LogP contribution is -2.30. The molecule has 3 aromatic rings. The van der Waals surface area contributed by atoms with Gasteiger partial charge in [-0.3, -0.25) is 4.79 Å². The summed E-state index contributed by atoms with van der Waals surface area (Å²) < 4.78 is 6.24. The highest BCUT2D eigenvalue weighted by Crippen LogP contribution is 2.30. The highest BCUT2D eigenvalue weighted by Gasteiger charge is 2.29. The molecule has 29 heavy (non-hydrogen) atoms. The van der Waals surface area contributed by atoms with Gasteiger partial charge in [0.1, 0.15) is 0 Å². The van der Waals surface area contributed by atoms with Crippen LogP contribution in [-0.4, -0.2) is 23.8 Å². The Bertz CT molecular complexity index is 1130. The number of carbonyl (C=O) groups is 2. The standard InChI is InChI=1S/C22H14BrClN2O3/c23-14-10-11-18-16(12-14)19(15-8-4-5-9-17(15)24)26-21(20(27)25-18)29-22(28)13-6-2-1-3-7-13/h1-12,21H,(H,25,27). The van der Waals surface area contributed by atoms with Gasteiger partial charge in [-0.05, 0) is 36.4 Å². The Morgan fingerprint density at radius 1 is 1.00 bits per heavy atom. The van der Waals surface area contributed by atoms with Crippen molar-refractivity contribution in [2.24, 2.45) is 4.99 Å². The van der Waals surface area contributed by atoms with E-state index in [1.54, 1.807) is 60.7 Å². The van der Waals surface area contributed by atoms with Crippen LogP contribution in [0.1, 0.15) is 21.5 Å². The van der Waals surface area contributed by atoms with Crippen molar-refractivity contribution in [1.29, 1.82) is 0 Å². The number of benzene rings is 3. The maximum Gasteiger partial charge on any atom is 0.340 e. The highest BCUT2D eigenvalue weighted by atomic mass is 79.9. The molecule has 0 aromatic heterocycles. The number of aliphatic imine (C=N–C) groups is 1. The molecule has 0 bridgehead atoms. The molecule has 0 saturated heterocycles. The fraction of sp³-hybridized carbons (Fsp3) is 0.0455. The third kappa shape index (κ3) is 4.09. The molecule has 0 fully saturated rings. The first-order chi connectivity index (χ1) is 14.0. The summed E-state index contributed by atoms with van der Waals surface area (Å²) in [4.78, 5) is 29.7. The maximum absolute atomic E-state index is 12.8. The Kier molecular flexibility index (Phi) is 5.47. The van der Waals surface area contributed by atoms with E-state index in [-0.39, 0.29) is 0 Å². The highest BCUT2D eigenvalue weighted by molar-refractivity contribution is 9.10. The average molecular weight is 470 g/mol. The van der Waals surface area contributed by atoms with Crippen molar-refractivity contribution in [3.05, 3.63) is 99.0 Å². The zero-order valence-electron chi connectivity index (χ0n) is 14.9. The molecule has 0 spiro atoms. The second kappa shape index (κ2) is 8.19. The Labute approximate surface area is 180 Å². The van der Waals surface area contributed by atoms with E-state index in [9.17, 15) is 9.59 Å². The molecule has 1 aliphatic heterocycles. The van der Waals surface area contributed by atoms with Crippen LogP contribution in [0.2, 0.25) is 5.02 Å². The molecule has 5 nitrogen and oxygen atoms in total. The van der Waals surface area contributed by atoms with Gasteiger partial charge in [0.2, 0.25) is 0 Å². The van der Waals surface area contributed by atoms with E-state index in [2.05, 4.69) is 26.2 Å². The Morgan fingerprint density at radius 3 is 2.48 bits per heavy atom. The molecule has 3 aromatic carbocycles. The zero-order chi connectivity index (χ0) is 20.4. The molecule has 0 aliphatic carbocycles. The summed E-state index contributed by atoms with van der Waals surface area (Å²) in [5.74, 6) is -1.18. The van der Waals surface area contributed by atoms with Crippen molar-refractivity contribution < 1.29 is 14.3 Å². The van der Waals surface area contributed by atoms with Crippen molar-refractivity contribution in [3.63, 3.8) is 0 Å². The molecular weight excluding hydrogens is 456 g/mol. The number of carbonyl (C=O) groups excluding carboxylic acids is 2. The van der Waals surface area contributed by atoms with Gasteiger partial charge in [-0.2, -0.15) is 0 Å². The number of anilines is 1. The van der Waals surface area contributed by atoms with Crippen LogP contribution in [-0.2, 0) is 9.53 Å². The molecule has 1 heterocycles. The van der Waals surface area contributed by atoms with Gasteiger partial charge in [0.05, 0.1) is 17.0 Å². The lowest BCUT2D eigenvalue weighted by molar-refractivity contribution is -0.124. The minimum Gasteiger partial charge on any atom is -0.426 e. The first kappa shape index (κ1) is 19.4. The summed E-state index contributed by atoms with van der Waals surface area (Å²) in [5.41, 5.74) is 2.63. The smallest absolute Gasteiger partial charge is 0.340 e. The number of hydrogen-bond donors (Lipinski definition) is 1. The van der Waals surface area contributed by atoms with E-state index >= 15 is 0 Å². The van der Waals surface area contributed by atoms with Gasteiger partial charge in [-0.25, -0.2) is 9.79 Å². The predicted octanol–water partition coefficient (Wildman–Crippen LogP) is 5.08. The summed E-state index contributed by atoms with van der Waals surface area (Å²) in [6.45, 7) is 0. The van der Waals surface area contributed by atoms with E-state index in [4.69, 9.17) is 16.3 Å². The fourth-order valence-electron chi connectivity index (χ4n) is 2.95. The number of fused-ring (bicyclic) bond motifs is 1. The lowest BCUT2D eigenvalue weighted by atomic mass is 10.0. The maximum atomic E-state index is 12.8. The third-order valence-corrected chi connectivity index (χ3v) is 5.15. The van der Waals surface area contributed by atoms with E-state index in [1.807, 2.05) is 12.1 Å². The van der Waals surface area contributed by atoms with Gasteiger partial charge in [-0.1, -0.05) is 63.9 Å². The third-order valence-electron chi connectivity index (χ3n) is 4.32. The number of amides is 1. The molecule has 144 valence electrons. The van der Waals surface area contributed by atoms with Crippen molar-refractivity contribution in [3.8, 4) is 0 Å². The number of nitrogens with one attached hydrogen (secondary N) is 1. The van der Waals surface area contributed by atoms with Gasteiger partial charge >= 0.3 is 5.97 Å². The Hall–Kier alpha value is -2.96. The van der Waals surface area contributed by atoms with Crippen LogP contribution < -0.4 is 5.32 Å². The first-order valence-corrected chi connectivity index (χ1v) is 9.89. The van der Waals surface area contributed by atoms with Crippen molar-refractivity contribution >= 4 is 50.8 Å². The number of hydrogen-bond acceptors (Lipinski definition) is 4. The SMILES string of the molecule is O=C(OC1N=C(c2ccccc2Cl)c2cc(Br)ccc2NC1=O)c1ccccc1. The monoisotopic (exact) mass is 468 g/mol. The number of esters is 1. The molecule has 1 atom stereocenters. The molecule has 0 radical (unpaired) electrons.